The van der Waals surface area contributed by atoms with Gasteiger partial charge in [-0.15, -0.1) is 0 Å². The maximum absolute atomic E-state index is 12.8. The molecule has 136 valence electrons. The van der Waals surface area contributed by atoms with E-state index in [0.717, 1.165) is 42.3 Å². The third kappa shape index (κ3) is 3.22. The van der Waals surface area contributed by atoms with Crippen molar-refractivity contribution < 1.29 is 13.2 Å². The Morgan fingerprint density at radius 3 is 2.77 bits per heavy atom. The summed E-state index contributed by atoms with van der Waals surface area (Å²) in [6.45, 7) is 1.40. The zero-order chi connectivity index (χ0) is 18.1. The molecular weight excluding hydrogens is 348 g/mol. The number of aromatic nitrogens is 1. The van der Waals surface area contributed by atoms with E-state index in [0.29, 0.717) is 17.2 Å². The van der Waals surface area contributed by atoms with E-state index in [9.17, 15) is 8.42 Å². The van der Waals surface area contributed by atoms with Crippen LogP contribution >= 0.6 is 0 Å². The van der Waals surface area contributed by atoms with E-state index in [1.54, 1.807) is 19.2 Å². The molecule has 0 spiro atoms. The summed E-state index contributed by atoms with van der Waals surface area (Å²) in [5.41, 5.74) is 4.05. The summed E-state index contributed by atoms with van der Waals surface area (Å²) >= 11 is 0. The topological polar surface area (TPSA) is 60.3 Å². The van der Waals surface area contributed by atoms with Gasteiger partial charge in [-0.2, -0.15) is 0 Å². The van der Waals surface area contributed by atoms with E-state index in [1.165, 1.54) is 5.56 Å². The minimum Gasteiger partial charge on any atom is -0.383 e. The van der Waals surface area contributed by atoms with Gasteiger partial charge < -0.3 is 9.30 Å². The van der Waals surface area contributed by atoms with Crippen LogP contribution in [0.5, 0.6) is 0 Å². The zero-order valence-corrected chi connectivity index (χ0v) is 15.6. The van der Waals surface area contributed by atoms with E-state index in [-0.39, 0.29) is 0 Å². The van der Waals surface area contributed by atoms with Crippen molar-refractivity contribution >= 4 is 26.6 Å². The number of anilines is 1. The van der Waals surface area contributed by atoms with Crippen molar-refractivity contribution in [3.8, 4) is 0 Å². The van der Waals surface area contributed by atoms with Crippen molar-refractivity contribution in [1.29, 1.82) is 0 Å². The molecule has 1 aliphatic carbocycles. The third-order valence-corrected chi connectivity index (χ3v) is 6.32. The smallest absolute Gasteiger partial charge is 0.261 e. The number of ether oxygens (including phenoxy) is 1. The first kappa shape index (κ1) is 17.1. The predicted octanol–water partition coefficient (Wildman–Crippen LogP) is 3.58. The van der Waals surface area contributed by atoms with Crippen molar-refractivity contribution in [2.24, 2.45) is 0 Å². The third-order valence-electron chi connectivity index (χ3n) is 4.94. The van der Waals surface area contributed by atoms with Crippen LogP contribution in [0.25, 0.3) is 10.9 Å². The van der Waals surface area contributed by atoms with Crippen LogP contribution in [0.2, 0.25) is 0 Å². The van der Waals surface area contributed by atoms with Gasteiger partial charge in [0.2, 0.25) is 0 Å². The second-order valence-electron chi connectivity index (χ2n) is 6.67. The largest absolute Gasteiger partial charge is 0.383 e. The van der Waals surface area contributed by atoms with Crippen LogP contribution in [0.1, 0.15) is 17.5 Å². The monoisotopic (exact) mass is 370 g/mol. The first-order valence-corrected chi connectivity index (χ1v) is 10.3. The van der Waals surface area contributed by atoms with Gasteiger partial charge >= 0.3 is 0 Å². The molecule has 5 nitrogen and oxygen atoms in total. The number of fused-ring (bicyclic) bond motifs is 2. The molecule has 6 heteroatoms. The van der Waals surface area contributed by atoms with Crippen LogP contribution in [0, 0.1) is 0 Å². The van der Waals surface area contributed by atoms with Gasteiger partial charge in [0, 0.05) is 36.4 Å². The Morgan fingerprint density at radius 1 is 1.08 bits per heavy atom. The quantitative estimate of drug-likeness (QED) is 0.721. The van der Waals surface area contributed by atoms with Gasteiger partial charge in [0.1, 0.15) is 0 Å². The first-order chi connectivity index (χ1) is 12.6. The van der Waals surface area contributed by atoms with E-state index < -0.39 is 10.0 Å². The van der Waals surface area contributed by atoms with Gasteiger partial charge in [-0.3, -0.25) is 4.72 Å². The van der Waals surface area contributed by atoms with E-state index in [4.69, 9.17) is 4.74 Å². The number of nitrogens with zero attached hydrogens (tertiary/aromatic N) is 1. The van der Waals surface area contributed by atoms with Crippen molar-refractivity contribution in [1.82, 2.24) is 4.57 Å². The highest BCUT2D eigenvalue weighted by molar-refractivity contribution is 7.92. The zero-order valence-electron chi connectivity index (χ0n) is 14.7. The van der Waals surface area contributed by atoms with Crippen LogP contribution in [0.3, 0.4) is 0 Å². The number of hydrogen-bond acceptors (Lipinski definition) is 3. The number of benzene rings is 2. The van der Waals surface area contributed by atoms with Gasteiger partial charge in [-0.05, 0) is 66.8 Å². The molecule has 1 heterocycles. The second kappa shape index (κ2) is 6.78. The molecule has 3 aromatic rings. The minimum absolute atomic E-state index is 0.330. The Kier molecular flexibility index (Phi) is 4.46. The lowest BCUT2D eigenvalue weighted by atomic mass is 10.1. The molecule has 0 amide bonds. The molecule has 0 bridgehead atoms. The van der Waals surface area contributed by atoms with Crippen molar-refractivity contribution in [2.45, 2.75) is 30.7 Å². The SMILES string of the molecule is COCCn1ccc2cc(NS(=O)(=O)c3ccc4c(c3)CCC4)ccc21. The van der Waals surface area contributed by atoms with Crippen molar-refractivity contribution in [2.75, 3.05) is 18.4 Å². The molecule has 2 aromatic carbocycles. The summed E-state index contributed by atoms with van der Waals surface area (Å²) in [5, 5.41) is 0.996. The van der Waals surface area contributed by atoms with Gasteiger partial charge in [0.05, 0.1) is 11.5 Å². The minimum atomic E-state index is -3.59. The van der Waals surface area contributed by atoms with Crippen LogP contribution in [0.15, 0.2) is 53.6 Å². The summed E-state index contributed by atoms with van der Waals surface area (Å²) in [6, 6.07) is 13.0. The van der Waals surface area contributed by atoms with E-state index >= 15 is 0 Å². The predicted molar refractivity (Wildman–Crippen MR) is 103 cm³/mol. The van der Waals surface area contributed by atoms with Gasteiger partial charge in [-0.25, -0.2) is 8.42 Å². The lowest BCUT2D eigenvalue weighted by molar-refractivity contribution is 0.188. The number of nitrogens with one attached hydrogen (secondary N) is 1. The van der Waals surface area contributed by atoms with E-state index in [2.05, 4.69) is 9.29 Å². The highest BCUT2D eigenvalue weighted by atomic mass is 32.2. The lowest BCUT2D eigenvalue weighted by Crippen LogP contribution is -2.13. The van der Waals surface area contributed by atoms with Gasteiger partial charge in [0.15, 0.2) is 0 Å². The highest BCUT2D eigenvalue weighted by Crippen LogP contribution is 2.27. The summed E-state index contributed by atoms with van der Waals surface area (Å²) in [6.07, 6.45) is 5.09. The Labute approximate surface area is 153 Å². The molecule has 0 atom stereocenters. The maximum atomic E-state index is 12.8. The highest BCUT2D eigenvalue weighted by Gasteiger charge is 2.18. The molecule has 0 aliphatic heterocycles. The number of sulfonamides is 1. The van der Waals surface area contributed by atoms with Crippen LogP contribution in [0.4, 0.5) is 5.69 Å². The van der Waals surface area contributed by atoms with E-state index in [1.807, 2.05) is 36.5 Å². The molecule has 0 fully saturated rings. The fraction of sp³-hybridized carbons (Fsp3) is 0.300. The van der Waals surface area contributed by atoms with Crippen LogP contribution in [-0.4, -0.2) is 26.7 Å². The van der Waals surface area contributed by atoms with Crippen molar-refractivity contribution in [3.05, 3.63) is 59.8 Å². The lowest BCUT2D eigenvalue weighted by Gasteiger charge is -2.10. The average Bonchev–Trinajstić information content (AvgIpc) is 3.25. The molecule has 0 radical (unpaired) electrons. The average molecular weight is 370 g/mol. The molecule has 0 saturated heterocycles. The standard InChI is InChI=1S/C20H22N2O3S/c1-25-12-11-22-10-9-17-13-18(6-8-20(17)22)21-26(23,24)19-7-5-15-3-2-4-16(15)14-19/h5-10,13-14,21H,2-4,11-12H2,1H3. The fourth-order valence-corrected chi connectivity index (χ4v) is 4.68. The molecule has 4 rings (SSSR count). The number of rotatable bonds is 6. The maximum Gasteiger partial charge on any atom is 0.261 e. The fourth-order valence-electron chi connectivity index (χ4n) is 3.58. The van der Waals surface area contributed by atoms with Gasteiger partial charge in [-0.1, -0.05) is 6.07 Å². The molecular formula is C20H22N2O3S. The van der Waals surface area contributed by atoms with Gasteiger partial charge in [0.25, 0.3) is 10.0 Å². The Morgan fingerprint density at radius 2 is 1.92 bits per heavy atom. The molecule has 0 unspecified atom stereocenters. The number of hydrogen-bond donors (Lipinski definition) is 1. The summed E-state index contributed by atoms with van der Waals surface area (Å²) in [7, 11) is -1.91. The second-order valence-corrected chi connectivity index (χ2v) is 8.35. The number of methoxy groups -OCH3 is 1. The normalized spacial score (nSPS) is 13.9. The van der Waals surface area contributed by atoms with Crippen LogP contribution in [-0.2, 0) is 34.1 Å². The van der Waals surface area contributed by atoms with Crippen molar-refractivity contribution in [3.63, 3.8) is 0 Å². The number of aryl methyl sites for hydroxylation is 2. The summed E-state index contributed by atoms with van der Waals surface area (Å²) < 4.78 is 35.4. The first-order valence-electron chi connectivity index (χ1n) is 8.79. The molecule has 1 N–H and O–H groups in total. The summed E-state index contributed by atoms with van der Waals surface area (Å²) in [4.78, 5) is 0.330. The Bertz CT molecular complexity index is 1050. The Hall–Kier alpha value is -2.31. The van der Waals surface area contributed by atoms with Crippen LogP contribution < -0.4 is 4.72 Å². The molecule has 26 heavy (non-hydrogen) atoms. The molecule has 0 saturated carbocycles. The molecule has 1 aliphatic rings. The summed E-state index contributed by atoms with van der Waals surface area (Å²) in [5.74, 6) is 0. The molecule has 1 aromatic heterocycles. The Balaban J connectivity index is 1.59.